The number of hydrogen-bond donors (Lipinski definition) is 1. The molecular formula is C15H28O5Si. The number of ether oxygens (including phenoxy) is 2. The zero-order chi connectivity index (χ0) is 16.2. The third-order valence-corrected chi connectivity index (χ3v) is 9.76. The Morgan fingerprint density at radius 2 is 1.86 bits per heavy atom. The molecule has 1 N–H and O–H groups in total. The molecule has 0 aromatic rings. The van der Waals surface area contributed by atoms with Gasteiger partial charge >= 0.3 is 5.97 Å². The summed E-state index contributed by atoms with van der Waals surface area (Å²) in [7, 11) is -1.92. The minimum absolute atomic E-state index is 0.0357. The molecule has 2 saturated heterocycles. The predicted molar refractivity (Wildman–Crippen MR) is 81.6 cm³/mol. The first kappa shape index (κ1) is 16.9. The number of rotatable bonds is 3. The number of aliphatic carboxylic acids is 1. The van der Waals surface area contributed by atoms with Gasteiger partial charge < -0.3 is 19.0 Å². The first-order valence-electron chi connectivity index (χ1n) is 7.58. The second-order valence-corrected chi connectivity index (χ2v) is 13.1. The van der Waals surface area contributed by atoms with Gasteiger partial charge in [-0.25, -0.2) is 4.79 Å². The van der Waals surface area contributed by atoms with Gasteiger partial charge in [-0.05, 0) is 18.1 Å². The van der Waals surface area contributed by atoms with Crippen LogP contribution in [0.3, 0.4) is 0 Å². The van der Waals surface area contributed by atoms with Crippen LogP contribution in [-0.2, 0) is 18.7 Å². The number of hydrogen-bond acceptors (Lipinski definition) is 4. The van der Waals surface area contributed by atoms with Gasteiger partial charge in [-0.1, -0.05) is 34.6 Å². The minimum Gasteiger partial charge on any atom is -0.479 e. The lowest BCUT2D eigenvalue weighted by Crippen LogP contribution is -2.54. The molecule has 21 heavy (non-hydrogen) atoms. The molecule has 0 radical (unpaired) electrons. The highest BCUT2D eigenvalue weighted by molar-refractivity contribution is 6.74. The van der Waals surface area contributed by atoms with Crippen molar-refractivity contribution in [1.82, 2.24) is 0 Å². The molecule has 4 atom stereocenters. The number of carbonyl (C=O) groups is 1. The molecule has 0 saturated carbocycles. The van der Waals surface area contributed by atoms with Gasteiger partial charge in [-0.15, -0.1) is 0 Å². The van der Waals surface area contributed by atoms with E-state index in [1.54, 1.807) is 0 Å². The molecule has 5 nitrogen and oxygen atoms in total. The summed E-state index contributed by atoms with van der Waals surface area (Å²) >= 11 is 0. The van der Waals surface area contributed by atoms with Crippen molar-refractivity contribution in [2.75, 3.05) is 0 Å². The van der Waals surface area contributed by atoms with Crippen LogP contribution in [0, 0.1) is 5.41 Å². The Morgan fingerprint density at radius 1 is 1.29 bits per heavy atom. The molecule has 2 bridgehead atoms. The SMILES string of the molecule is CC1(C)[C@H]2O[C@@H](C[C@H]1O[Si](C)(C)C(C)(C)C)[C@@H](C(=O)O)O2. The Labute approximate surface area is 128 Å². The van der Waals surface area contributed by atoms with Crippen molar-refractivity contribution in [3.05, 3.63) is 0 Å². The molecular weight excluding hydrogens is 288 g/mol. The molecule has 6 heteroatoms. The molecule has 0 aliphatic carbocycles. The monoisotopic (exact) mass is 316 g/mol. The summed E-state index contributed by atoms with van der Waals surface area (Å²) in [6.07, 6.45) is -1.25. The fourth-order valence-corrected chi connectivity index (χ4v) is 4.09. The summed E-state index contributed by atoms with van der Waals surface area (Å²) < 4.78 is 17.9. The molecule has 2 heterocycles. The van der Waals surface area contributed by atoms with E-state index >= 15 is 0 Å². The van der Waals surface area contributed by atoms with Gasteiger partial charge in [-0.2, -0.15) is 0 Å². The van der Waals surface area contributed by atoms with Crippen LogP contribution in [0.1, 0.15) is 41.0 Å². The maximum Gasteiger partial charge on any atom is 0.335 e. The van der Waals surface area contributed by atoms with Crippen LogP contribution in [0.25, 0.3) is 0 Å². The molecule has 0 spiro atoms. The number of carboxylic acid groups (broad SMARTS) is 1. The van der Waals surface area contributed by atoms with Gasteiger partial charge in [-0.3, -0.25) is 0 Å². The van der Waals surface area contributed by atoms with Crippen LogP contribution in [0.5, 0.6) is 0 Å². The van der Waals surface area contributed by atoms with E-state index in [1.807, 2.05) is 13.8 Å². The van der Waals surface area contributed by atoms with Crippen molar-refractivity contribution >= 4 is 14.3 Å². The van der Waals surface area contributed by atoms with E-state index in [0.29, 0.717) is 6.42 Å². The van der Waals surface area contributed by atoms with Crippen LogP contribution >= 0.6 is 0 Å². The topological polar surface area (TPSA) is 65.0 Å². The predicted octanol–water partition coefficient (Wildman–Crippen LogP) is 3.00. The summed E-state index contributed by atoms with van der Waals surface area (Å²) in [6.45, 7) is 15.1. The lowest BCUT2D eigenvalue weighted by Gasteiger charge is -2.47. The third-order valence-electron chi connectivity index (χ3n) is 5.28. The largest absolute Gasteiger partial charge is 0.479 e. The highest BCUT2D eigenvalue weighted by atomic mass is 28.4. The standard InChI is InChI=1S/C15H28O5Si/c1-14(2,3)21(6,7)20-10-8-9-11(12(16)17)19-13(18-9)15(10,4)5/h9-11,13H,8H2,1-7H3,(H,16,17)/t9-,10+,11-,13-/m0/s1. The Hall–Kier alpha value is -0.433. The van der Waals surface area contributed by atoms with E-state index in [-0.39, 0.29) is 16.6 Å². The summed E-state index contributed by atoms with van der Waals surface area (Å²) in [4.78, 5) is 11.3. The van der Waals surface area contributed by atoms with Gasteiger partial charge in [0.25, 0.3) is 0 Å². The van der Waals surface area contributed by atoms with E-state index in [9.17, 15) is 9.90 Å². The maximum atomic E-state index is 11.3. The molecule has 2 fully saturated rings. The summed E-state index contributed by atoms with van der Waals surface area (Å²) in [5.41, 5.74) is -0.351. The van der Waals surface area contributed by atoms with E-state index < -0.39 is 32.8 Å². The average Bonchev–Trinajstić information content (AvgIpc) is 2.66. The fourth-order valence-electron chi connectivity index (χ4n) is 2.63. The Kier molecular flexibility index (Phi) is 4.07. The Bertz CT molecular complexity index is 426. The molecule has 122 valence electrons. The third kappa shape index (κ3) is 2.91. The lowest BCUT2D eigenvalue weighted by molar-refractivity contribution is -0.199. The van der Waals surface area contributed by atoms with Crippen LogP contribution in [0.15, 0.2) is 0 Å². The van der Waals surface area contributed by atoms with Crippen molar-refractivity contribution in [3.8, 4) is 0 Å². The highest BCUT2D eigenvalue weighted by Crippen LogP contribution is 2.48. The smallest absolute Gasteiger partial charge is 0.335 e. The van der Waals surface area contributed by atoms with Crippen molar-refractivity contribution in [1.29, 1.82) is 0 Å². The quantitative estimate of drug-likeness (QED) is 0.811. The first-order valence-corrected chi connectivity index (χ1v) is 10.5. The molecule has 0 amide bonds. The number of fused-ring (bicyclic) bond motifs is 2. The summed E-state index contributed by atoms with van der Waals surface area (Å²) in [6, 6.07) is 0. The zero-order valence-corrected chi connectivity index (χ0v) is 15.1. The van der Waals surface area contributed by atoms with E-state index in [0.717, 1.165) is 0 Å². The van der Waals surface area contributed by atoms with Crippen LogP contribution in [0.4, 0.5) is 0 Å². The molecule has 2 rings (SSSR count). The normalized spacial score (nSPS) is 35.8. The zero-order valence-electron chi connectivity index (χ0n) is 14.1. The Balaban J connectivity index is 2.20. The second kappa shape index (κ2) is 5.04. The first-order chi connectivity index (χ1) is 9.36. The van der Waals surface area contributed by atoms with Crippen molar-refractivity contribution in [2.45, 2.75) is 83.8 Å². The van der Waals surface area contributed by atoms with Gasteiger partial charge in [0.2, 0.25) is 0 Å². The Morgan fingerprint density at radius 3 is 2.33 bits per heavy atom. The van der Waals surface area contributed by atoms with Crippen molar-refractivity contribution in [3.63, 3.8) is 0 Å². The van der Waals surface area contributed by atoms with Gasteiger partial charge in [0.1, 0.15) is 6.10 Å². The number of carboxylic acids is 1. The van der Waals surface area contributed by atoms with Crippen LogP contribution in [-0.4, -0.2) is 44.0 Å². The molecule has 0 unspecified atom stereocenters. The molecule has 2 aliphatic heterocycles. The van der Waals surface area contributed by atoms with Crippen LogP contribution in [0.2, 0.25) is 18.1 Å². The molecule has 0 aromatic carbocycles. The summed E-state index contributed by atoms with van der Waals surface area (Å²) in [5, 5.41) is 9.36. The van der Waals surface area contributed by atoms with Gasteiger partial charge in [0.05, 0.1) is 6.10 Å². The van der Waals surface area contributed by atoms with Crippen molar-refractivity contribution in [2.24, 2.45) is 5.41 Å². The second-order valence-electron chi connectivity index (χ2n) is 8.33. The van der Waals surface area contributed by atoms with Crippen LogP contribution < -0.4 is 0 Å². The van der Waals surface area contributed by atoms with Crippen molar-refractivity contribution < 1.29 is 23.8 Å². The van der Waals surface area contributed by atoms with E-state index in [1.165, 1.54) is 0 Å². The average molecular weight is 316 g/mol. The van der Waals surface area contributed by atoms with Gasteiger partial charge in [0, 0.05) is 11.8 Å². The maximum absolute atomic E-state index is 11.3. The minimum atomic E-state index is -1.92. The highest BCUT2D eigenvalue weighted by Gasteiger charge is 2.57. The summed E-state index contributed by atoms with van der Waals surface area (Å²) in [5.74, 6) is -0.953. The van der Waals surface area contributed by atoms with Gasteiger partial charge in [0.15, 0.2) is 20.7 Å². The van der Waals surface area contributed by atoms with E-state index in [4.69, 9.17) is 13.9 Å². The fraction of sp³-hybridized carbons (Fsp3) is 0.933. The molecule has 2 aliphatic rings. The lowest BCUT2D eigenvalue weighted by atomic mass is 9.81. The van der Waals surface area contributed by atoms with E-state index in [2.05, 4.69) is 33.9 Å². The molecule has 0 aromatic heterocycles.